The van der Waals surface area contributed by atoms with Gasteiger partial charge in [0, 0.05) is 38.3 Å². The minimum Gasteiger partial charge on any atom is -0.303 e. The van der Waals surface area contributed by atoms with Crippen molar-refractivity contribution in [2.24, 2.45) is 5.92 Å². The third kappa shape index (κ3) is 2.73. The molecule has 0 atom stereocenters. The summed E-state index contributed by atoms with van der Waals surface area (Å²) in [5, 5.41) is 0. The molecule has 0 spiro atoms. The van der Waals surface area contributed by atoms with Crippen molar-refractivity contribution in [3.8, 4) is 0 Å². The third-order valence-corrected chi connectivity index (χ3v) is 5.39. The van der Waals surface area contributed by atoms with Crippen molar-refractivity contribution < 1.29 is 0 Å². The lowest BCUT2D eigenvalue weighted by atomic mass is 9.94. The van der Waals surface area contributed by atoms with Gasteiger partial charge in [0.05, 0.1) is 0 Å². The molecule has 0 aromatic rings. The zero-order valence-electron chi connectivity index (χ0n) is 12.1. The number of hydrogen-bond donors (Lipinski definition) is 0. The van der Waals surface area contributed by atoms with Gasteiger partial charge in [0.2, 0.25) is 0 Å². The minimum atomic E-state index is 0.873. The first-order valence-electron chi connectivity index (χ1n) is 7.89. The van der Waals surface area contributed by atoms with Gasteiger partial charge in [-0.05, 0) is 51.7 Å². The van der Waals surface area contributed by atoms with Crippen molar-refractivity contribution in [1.82, 2.24) is 14.7 Å². The zero-order valence-corrected chi connectivity index (χ0v) is 12.1. The number of rotatable bonds is 2. The van der Waals surface area contributed by atoms with Crippen molar-refractivity contribution in [3.05, 3.63) is 0 Å². The summed E-state index contributed by atoms with van der Waals surface area (Å²) < 4.78 is 0. The SMILES string of the molecule is CC1CCN(C2CCN(C3CN(C)C3)CC2)CC1. The van der Waals surface area contributed by atoms with Crippen molar-refractivity contribution in [2.45, 2.75) is 44.7 Å². The molecule has 3 fully saturated rings. The summed E-state index contributed by atoms with van der Waals surface area (Å²) in [4.78, 5) is 7.95. The molecule has 0 aliphatic carbocycles. The van der Waals surface area contributed by atoms with E-state index in [1.165, 1.54) is 65.0 Å². The Morgan fingerprint density at radius 1 is 0.722 bits per heavy atom. The van der Waals surface area contributed by atoms with Gasteiger partial charge in [-0.2, -0.15) is 0 Å². The maximum Gasteiger partial charge on any atom is 0.0350 e. The van der Waals surface area contributed by atoms with Crippen LogP contribution >= 0.6 is 0 Å². The molecule has 18 heavy (non-hydrogen) atoms. The molecule has 3 aliphatic rings. The lowest BCUT2D eigenvalue weighted by molar-refractivity contribution is 0.0113. The van der Waals surface area contributed by atoms with Crippen molar-refractivity contribution in [1.29, 1.82) is 0 Å². The number of likely N-dealkylation sites (N-methyl/N-ethyl adjacent to an activating group) is 1. The summed E-state index contributed by atoms with van der Waals surface area (Å²) in [7, 11) is 2.23. The Morgan fingerprint density at radius 2 is 1.22 bits per heavy atom. The predicted octanol–water partition coefficient (Wildman–Crippen LogP) is 1.50. The van der Waals surface area contributed by atoms with E-state index in [-0.39, 0.29) is 0 Å². The molecule has 3 saturated heterocycles. The highest BCUT2D eigenvalue weighted by atomic mass is 15.3. The quantitative estimate of drug-likeness (QED) is 0.736. The second-order valence-corrected chi connectivity index (χ2v) is 6.86. The Kier molecular flexibility index (Phi) is 3.92. The standard InChI is InChI=1S/C15H29N3/c1-13-3-7-17(8-4-13)14-5-9-18(10-6-14)15-11-16(2)12-15/h13-15H,3-12H2,1-2H3. The van der Waals surface area contributed by atoms with Crippen LogP contribution in [0.5, 0.6) is 0 Å². The molecule has 0 radical (unpaired) electrons. The third-order valence-electron chi connectivity index (χ3n) is 5.39. The van der Waals surface area contributed by atoms with Crippen molar-refractivity contribution >= 4 is 0 Å². The van der Waals surface area contributed by atoms with Crippen LogP contribution in [0.2, 0.25) is 0 Å². The van der Waals surface area contributed by atoms with Gasteiger partial charge in [-0.25, -0.2) is 0 Å². The lowest BCUT2D eigenvalue weighted by Crippen LogP contribution is -2.60. The monoisotopic (exact) mass is 251 g/mol. The lowest BCUT2D eigenvalue weighted by Gasteiger charge is -2.48. The summed E-state index contributed by atoms with van der Waals surface area (Å²) >= 11 is 0. The molecule has 104 valence electrons. The van der Waals surface area contributed by atoms with E-state index in [0.717, 1.165) is 18.0 Å². The number of likely N-dealkylation sites (tertiary alicyclic amines) is 3. The Bertz CT molecular complexity index is 259. The van der Waals surface area contributed by atoms with Crippen LogP contribution in [0.1, 0.15) is 32.6 Å². The van der Waals surface area contributed by atoms with Crippen molar-refractivity contribution in [2.75, 3.05) is 46.3 Å². The number of hydrogen-bond acceptors (Lipinski definition) is 3. The highest BCUT2D eigenvalue weighted by molar-refractivity contribution is 4.90. The molecule has 0 amide bonds. The first kappa shape index (κ1) is 12.9. The Hall–Kier alpha value is -0.120. The Morgan fingerprint density at radius 3 is 1.78 bits per heavy atom. The van der Waals surface area contributed by atoms with Crippen LogP contribution in [-0.2, 0) is 0 Å². The second kappa shape index (κ2) is 5.48. The van der Waals surface area contributed by atoms with E-state index >= 15 is 0 Å². The van der Waals surface area contributed by atoms with Gasteiger partial charge in [0.25, 0.3) is 0 Å². The first-order valence-corrected chi connectivity index (χ1v) is 7.89. The van der Waals surface area contributed by atoms with Gasteiger partial charge in [-0.3, -0.25) is 4.90 Å². The molecule has 3 heteroatoms. The van der Waals surface area contributed by atoms with E-state index in [2.05, 4.69) is 28.7 Å². The summed E-state index contributed by atoms with van der Waals surface area (Å²) in [6, 6.07) is 1.77. The molecular formula is C15H29N3. The van der Waals surface area contributed by atoms with Gasteiger partial charge in [0.1, 0.15) is 0 Å². The highest BCUT2D eigenvalue weighted by Gasteiger charge is 2.33. The topological polar surface area (TPSA) is 9.72 Å². The molecular weight excluding hydrogens is 222 g/mol. The molecule has 3 heterocycles. The molecule has 3 nitrogen and oxygen atoms in total. The van der Waals surface area contributed by atoms with Gasteiger partial charge in [-0.1, -0.05) is 6.92 Å². The van der Waals surface area contributed by atoms with E-state index in [1.54, 1.807) is 0 Å². The summed E-state index contributed by atoms with van der Waals surface area (Å²) in [6.45, 7) is 10.4. The molecule has 3 rings (SSSR count). The van der Waals surface area contributed by atoms with Crippen LogP contribution in [0, 0.1) is 5.92 Å². The predicted molar refractivity (Wildman–Crippen MR) is 75.9 cm³/mol. The fourth-order valence-corrected chi connectivity index (χ4v) is 3.91. The van der Waals surface area contributed by atoms with Crippen LogP contribution < -0.4 is 0 Å². The Labute approximate surface area is 112 Å². The Balaban J connectivity index is 1.42. The van der Waals surface area contributed by atoms with E-state index in [0.29, 0.717) is 0 Å². The van der Waals surface area contributed by atoms with Gasteiger partial charge in [0.15, 0.2) is 0 Å². The zero-order chi connectivity index (χ0) is 12.5. The van der Waals surface area contributed by atoms with Crippen LogP contribution in [0.3, 0.4) is 0 Å². The van der Waals surface area contributed by atoms with Crippen LogP contribution in [0.15, 0.2) is 0 Å². The summed E-state index contributed by atoms with van der Waals surface area (Å²) in [6.07, 6.45) is 5.67. The van der Waals surface area contributed by atoms with Gasteiger partial charge >= 0.3 is 0 Å². The summed E-state index contributed by atoms with van der Waals surface area (Å²) in [5.74, 6) is 0.965. The fraction of sp³-hybridized carbons (Fsp3) is 1.00. The number of nitrogens with zero attached hydrogens (tertiary/aromatic N) is 3. The van der Waals surface area contributed by atoms with E-state index in [9.17, 15) is 0 Å². The molecule has 0 bridgehead atoms. The average molecular weight is 251 g/mol. The van der Waals surface area contributed by atoms with Crippen molar-refractivity contribution in [3.63, 3.8) is 0 Å². The van der Waals surface area contributed by atoms with E-state index in [4.69, 9.17) is 0 Å². The van der Waals surface area contributed by atoms with Gasteiger partial charge < -0.3 is 9.80 Å². The maximum absolute atomic E-state index is 2.78. The maximum atomic E-state index is 2.78. The van der Waals surface area contributed by atoms with Crippen LogP contribution in [-0.4, -0.2) is 73.1 Å². The normalized spacial score (nSPS) is 31.7. The van der Waals surface area contributed by atoms with E-state index < -0.39 is 0 Å². The van der Waals surface area contributed by atoms with Crippen LogP contribution in [0.25, 0.3) is 0 Å². The first-order chi connectivity index (χ1) is 8.72. The average Bonchev–Trinajstić information content (AvgIpc) is 2.36. The second-order valence-electron chi connectivity index (χ2n) is 6.86. The molecule has 3 aliphatic heterocycles. The van der Waals surface area contributed by atoms with Crippen LogP contribution in [0.4, 0.5) is 0 Å². The molecule has 0 saturated carbocycles. The minimum absolute atomic E-state index is 0.873. The fourth-order valence-electron chi connectivity index (χ4n) is 3.91. The summed E-state index contributed by atoms with van der Waals surface area (Å²) in [5.41, 5.74) is 0. The smallest absolute Gasteiger partial charge is 0.0350 e. The largest absolute Gasteiger partial charge is 0.303 e. The number of piperidine rings is 2. The molecule has 0 N–H and O–H groups in total. The van der Waals surface area contributed by atoms with E-state index in [1.807, 2.05) is 0 Å². The molecule has 0 aromatic carbocycles. The van der Waals surface area contributed by atoms with Gasteiger partial charge in [-0.15, -0.1) is 0 Å². The molecule has 0 aromatic heterocycles. The molecule has 0 unspecified atom stereocenters. The highest BCUT2D eigenvalue weighted by Crippen LogP contribution is 2.25.